The van der Waals surface area contributed by atoms with Gasteiger partial charge in [-0.05, 0) is 12.1 Å². The van der Waals surface area contributed by atoms with Crippen LogP contribution >= 0.6 is 0 Å². The maximum atomic E-state index is 11.3. The van der Waals surface area contributed by atoms with Gasteiger partial charge in [0.1, 0.15) is 5.82 Å². The predicted molar refractivity (Wildman–Crippen MR) is 71.2 cm³/mol. The summed E-state index contributed by atoms with van der Waals surface area (Å²) in [4.78, 5) is 13.6. The van der Waals surface area contributed by atoms with E-state index in [1.807, 2.05) is 0 Å². The molecule has 19 heavy (non-hydrogen) atoms. The van der Waals surface area contributed by atoms with Gasteiger partial charge in [0.05, 0.1) is 13.2 Å². The molecule has 0 saturated carbocycles. The lowest BCUT2D eigenvalue weighted by Crippen LogP contribution is -2.39. The SMILES string of the molecule is CNC(=O)c1ccc(NCCN2CCOCC2)nn1. The number of hydrogen-bond acceptors (Lipinski definition) is 6. The molecule has 0 spiro atoms. The van der Waals surface area contributed by atoms with Crippen LogP contribution in [0.5, 0.6) is 0 Å². The molecule has 7 nitrogen and oxygen atoms in total. The third-order valence-corrected chi connectivity index (χ3v) is 2.96. The Morgan fingerprint density at radius 2 is 2.16 bits per heavy atom. The standard InChI is InChI=1S/C12H19N5O2/c1-13-12(18)10-2-3-11(16-15-10)14-4-5-17-6-8-19-9-7-17/h2-3H,4-9H2,1H3,(H,13,18)(H,14,16). The van der Waals surface area contributed by atoms with Crippen molar-refractivity contribution in [1.29, 1.82) is 0 Å². The smallest absolute Gasteiger partial charge is 0.271 e. The quantitative estimate of drug-likeness (QED) is 0.753. The van der Waals surface area contributed by atoms with Crippen LogP contribution in [0.2, 0.25) is 0 Å². The molecule has 104 valence electrons. The average molecular weight is 265 g/mol. The van der Waals surface area contributed by atoms with Gasteiger partial charge in [-0.15, -0.1) is 10.2 Å². The van der Waals surface area contributed by atoms with Gasteiger partial charge in [-0.3, -0.25) is 9.69 Å². The van der Waals surface area contributed by atoms with Crippen LogP contribution in [0.25, 0.3) is 0 Å². The van der Waals surface area contributed by atoms with Crippen molar-refractivity contribution in [2.45, 2.75) is 0 Å². The Labute approximate surface area is 112 Å². The van der Waals surface area contributed by atoms with Crippen LogP contribution in [0.3, 0.4) is 0 Å². The van der Waals surface area contributed by atoms with Crippen molar-refractivity contribution in [3.05, 3.63) is 17.8 Å². The number of nitrogens with one attached hydrogen (secondary N) is 2. The number of nitrogens with zero attached hydrogens (tertiary/aromatic N) is 3. The first-order valence-electron chi connectivity index (χ1n) is 6.39. The van der Waals surface area contributed by atoms with E-state index >= 15 is 0 Å². The van der Waals surface area contributed by atoms with Crippen molar-refractivity contribution in [3.8, 4) is 0 Å². The van der Waals surface area contributed by atoms with E-state index in [0.717, 1.165) is 39.4 Å². The Kier molecular flexibility index (Phi) is 5.05. The highest BCUT2D eigenvalue weighted by molar-refractivity contribution is 5.91. The number of morpholine rings is 1. The van der Waals surface area contributed by atoms with Crippen molar-refractivity contribution in [1.82, 2.24) is 20.4 Å². The second kappa shape index (κ2) is 7.01. The number of aromatic nitrogens is 2. The molecule has 2 heterocycles. The summed E-state index contributed by atoms with van der Waals surface area (Å²) < 4.78 is 5.29. The zero-order chi connectivity index (χ0) is 13.5. The van der Waals surface area contributed by atoms with Gasteiger partial charge < -0.3 is 15.4 Å². The fourth-order valence-electron chi connectivity index (χ4n) is 1.84. The van der Waals surface area contributed by atoms with Crippen molar-refractivity contribution >= 4 is 11.7 Å². The van der Waals surface area contributed by atoms with Crippen LogP contribution in [0, 0.1) is 0 Å². The molecule has 1 fully saturated rings. The van der Waals surface area contributed by atoms with Gasteiger partial charge in [-0.1, -0.05) is 0 Å². The molecule has 0 unspecified atom stereocenters. The molecule has 1 amide bonds. The highest BCUT2D eigenvalue weighted by Gasteiger charge is 2.09. The Balaban J connectivity index is 1.75. The number of carbonyl (C=O) groups is 1. The van der Waals surface area contributed by atoms with Crippen molar-refractivity contribution in [3.63, 3.8) is 0 Å². The minimum atomic E-state index is -0.229. The largest absolute Gasteiger partial charge is 0.379 e. The van der Waals surface area contributed by atoms with Crippen molar-refractivity contribution in [2.75, 3.05) is 51.8 Å². The van der Waals surface area contributed by atoms with E-state index in [1.54, 1.807) is 19.2 Å². The summed E-state index contributed by atoms with van der Waals surface area (Å²) in [6, 6.07) is 3.42. The van der Waals surface area contributed by atoms with E-state index in [9.17, 15) is 4.79 Å². The minimum absolute atomic E-state index is 0.229. The molecule has 0 aromatic carbocycles. The summed E-state index contributed by atoms with van der Waals surface area (Å²) >= 11 is 0. The van der Waals surface area contributed by atoms with Gasteiger partial charge in [0.15, 0.2) is 5.69 Å². The molecule has 1 aliphatic heterocycles. The van der Waals surface area contributed by atoms with E-state index < -0.39 is 0 Å². The summed E-state index contributed by atoms with van der Waals surface area (Å²) in [6.07, 6.45) is 0. The number of carbonyl (C=O) groups excluding carboxylic acids is 1. The molecular weight excluding hydrogens is 246 g/mol. The van der Waals surface area contributed by atoms with Gasteiger partial charge >= 0.3 is 0 Å². The Bertz CT molecular complexity index is 403. The Hall–Kier alpha value is -1.73. The van der Waals surface area contributed by atoms with E-state index in [4.69, 9.17) is 4.74 Å². The van der Waals surface area contributed by atoms with Crippen LogP contribution in [0.15, 0.2) is 12.1 Å². The fraction of sp³-hybridized carbons (Fsp3) is 0.583. The second-order valence-electron chi connectivity index (χ2n) is 4.26. The number of rotatable bonds is 5. The molecule has 0 bridgehead atoms. The number of anilines is 1. The molecule has 2 N–H and O–H groups in total. The summed E-state index contributed by atoms with van der Waals surface area (Å²) in [5.41, 5.74) is 0.321. The van der Waals surface area contributed by atoms with Crippen LogP contribution in [0.1, 0.15) is 10.5 Å². The maximum Gasteiger partial charge on any atom is 0.271 e. The van der Waals surface area contributed by atoms with E-state index in [0.29, 0.717) is 11.5 Å². The van der Waals surface area contributed by atoms with Gasteiger partial charge in [0.2, 0.25) is 0 Å². The first-order chi connectivity index (χ1) is 9.29. The topological polar surface area (TPSA) is 79.4 Å². The lowest BCUT2D eigenvalue weighted by Gasteiger charge is -2.26. The second-order valence-corrected chi connectivity index (χ2v) is 4.26. The molecule has 0 aliphatic carbocycles. The van der Waals surface area contributed by atoms with Crippen molar-refractivity contribution in [2.24, 2.45) is 0 Å². The lowest BCUT2D eigenvalue weighted by molar-refractivity contribution is 0.0398. The normalized spacial score (nSPS) is 16.1. The maximum absolute atomic E-state index is 11.3. The van der Waals surface area contributed by atoms with Crippen LogP contribution in [-0.4, -0.2) is 67.4 Å². The minimum Gasteiger partial charge on any atom is -0.379 e. The summed E-state index contributed by atoms with van der Waals surface area (Å²) in [7, 11) is 1.57. The Morgan fingerprint density at radius 3 is 2.79 bits per heavy atom. The van der Waals surface area contributed by atoms with Gasteiger partial charge in [0.25, 0.3) is 5.91 Å². The monoisotopic (exact) mass is 265 g/mol. The predicted octanol–water partition coefficient (Wildman–Crippen LogP) is -0.420. The van der Waals surface area contributed by atoms with E-state index in [2.05, 4.69) is 25.7 Å². The van der Waals surface area contributed by atoms with Gasteiger partial charge in [0, 0.05) is 33.2 Å². The lowest BCUT2D eigenvalue weighted by atomic mass is 10.3. The summed E-state index contributed by atoms with van der Waals surface area (Å²) in [5.74, 6) is 0.452. The molecule has 1 aliphatic rings. The molecule has 2 rings (SSSR count). The molecule has 7 heteroatoms. The highest BCUT2D eigenvalue weighted by atomic mass is 16.5. The zero-order valence-electron chi connectivity index (χ0n) is 11.1. The molecule has 1 aromatic heterocycles. The molecular formula is C12H19N5O2. The first kappa shape index (κ1) is 13.7. The van der Waals surface area contributed by atoms with Crippen molar-refractivity contribution < 1.29 is 9.53 Å². The van der Waals surface area contributed by atoms with Crippen LogP contribution in [-0.2, 0) is 4.74 Å². The average Bonchev–Trinajstić information content (AvgIpc) is 2.48. The third-order valence-electron chi connectivity index (χ3n) is 2.96. The van der Waals surface area contributed by atoms with E-state index in [1.165, 1.54) is 0 Å². The Morgan fingerprint density at radius 1 is 1.37 bits per heavy atom. The van der Waals surface area contributed by atoms with Gasteiger partial charge in [-0.25, -0.2) is 0 Å². The zero-order valence-corrected chi connectivity index (χ0v) is 11.1. The molecule has 1 saturated heterocycles. The van der Waals surface area contributed by atoms with E-state index in [-0.39, 0.29) is 5.91 Å². The number of ether oxygens (including phenoxy) is 1. The molecule has 0 atom stereocenters. The number of hydrogen-bond donors (Lipinski definition) is 2. The first-order valence-corrected chi connectivity index (χ1v) is 6.39. The number of amides is 1. The van der Waals surface area contributed by atoms with Crippen LogP contribution < -0.4 is 10.6 Å². The third kappa shape index (κ3) is 4.15. The molecule has 0 radical (unpaired) electrons. The summed E-state index contributed by atoms with van der Waals surface area (Å²) in [5, 5.41) is 13.5. The molecule has 1 aromatic rings. The van der Waals surface area contributed by atoms with Crippen LogP contribution in [0.4, 0.5) is 5.82 Å². The van der Waals surface area contributed by atoms with Gasteiger partial charge in [-0.2, -0.15) is 0 Å². The fourth-order valence-corrected chi connectivity index (χ4v) is 1.84. The highest BCUT2D eigenvalue weighted by Crippen LogP contribution is 2.02. The summed E-state index contributed by atoms with van der Waals surface area (Å²) in [6.45, 7) is 5.31.